The molecule has 9 nitrogen and oxygen atoms in total. The molecular formula is C31H42Cl2N4O5. The molecule has 2 aliphatic heterocycles. The molecule has 0 saturated carbocycles. The van der Waals surface area contributed by atoms with Gasteiger partial charge in [0.05, 0.1) is 23.4 Å². The molecule has 2 saturated heterocycles. The van der Waals surface area contributed by atoms with E-state index in [0.717, 1.165) is 32.4 Å². The molecule has 2 aliphatic rings. The number of amides is 2. The number of halogens is 2. The van der Waals surface area contributed by atoms with Crippen LogP contribution in [0.25, 0.3) is 0 Å². The smallest absolute Gasteiger partial charge is 0.410 e. The lowest BCUT2D eigenvalue weighted by Crippen LogP contribution is -2.53. The molecule has 4 unspecified atom stereocenters. The third kappa shape index (κ3) is 8.36. The highest BCUT2D eigenvalue weighted by atomic mass is 35.5. The van der Waals surface area contributed by atoms with Crippen LogP contribution in [-0.2, 0) is 4.74 Å². The third-order valence-corrected chi connectivity index (χ3v) is 8.59. The fourth-order valence-corrected chi connectivity index (χ4v) is 6.17. The van der Waals surface area contributed by atoms with Crippen LogP contribution in [0.3, 0.4) is 0 Å². The summed E-state index contributed by atoms with van der Waals surface area (Å²) in [5.41, 5.74) is 6.55. The van der Waals surface area contributed by atoms with Crippen molar-refractivity contribution in [1.82, 2.24) is 15.1 Å². The maximum atomic E-state index is 13.1. The van der Waals surface area contributed by atoms with Gasteiger partial charge in [0.2, 0.25) is 0 Å². The average molecular weight is 622 g/mol. The zero-order valence-electron chi connectivity index (χ0n) is 24.8. The van der Waals surface area contributed by atoms with Gasteiger partial charge >= 0.3 is 6.09 Å². The van der Waals surface area contributed by atoms with Crippen molar-refractivity contribution < 1.29 is 23.8 Å². The number of carbonyl (C=O) groups excluding carboxylic acids is 2. The first kappa shape index (κ1) is 32.0. The Kier molecular flexibility index (Phi) is 11.1. The van der Waals surface area contributed by atoms with E-state index in [-0.39, 0.29) is 17.9 Å². The van der Waals surface area contributed by atoms with E-state index < -0.39 is 12.3 Å². The number of nitrogens with two attached hydrogens (primary N) is 1. The number of nitrogen functional groups attached to an aromatic ring is 1. The summed E-state index contributed by atoms with van der Waals surface area (Å²) in [6.45, 7) is 9.56. The standard InChI is InChI=1S/C31H42Cl2N4O5/c1-19-13-20(2)18-37(17-19)31(39)41-21(3)30(42-24-7-5-23(32)6-8-24)36-11-9-22(10-12-36)16-35-29(38)25-14-26(33)27(34)15-28(25)40-4/h5-8,14-15,19-22,30H,9-13,16-18,34H2,1-4H3,(H,35,38). The Bertz CT molecular complexity index is 1210. The maximum Gasteiger partial charge on any atom is 0.410 e. The van der Waals surface area contributed by atoms with E-state index in [0.29, 0.717) is 64.3 Å². The number of hydrogen-bond donors (Lipinski definition) is 2. The van der Waals surface area contributed by atoms with Gasteiger partial charge in [-0.05, 0) is 74.3 Å². The summed E-state index contributed by atoms with van der Waals surface area (Å²) in [7, 11) is 1.49. The van der Waals surface area contributed by atoms with Gasteiger partial charge < -0.3 is 30.2 Å². The summed E-state index contributed by atoms with van der Waals surface area (Å²) in [4.78, 5) is 30.1. The molecular weight excluding hydrogens is 579 g/mol. The van der Waals surface area contributed by atoms with Gasteiger partial charge in [-0.3, -0.25) is 9.69 Å². The number of nitrogens with one attached hydrogen (secondary N) is 1. The minimum absolute atomic E-state index is 0.262. The molecule has 2 amide bonds. The first-order valence-corrected chi connectivity index (χ1v) is 15.3. The van der Waals surface area contributed by atoms with E-state index in [4.69, 9.17) is 43.1 Å². The van der Waals surface area contributed by atoms with E-state index >= 15 is 0 Å². The lowest BCUT2D eigenvalue weighted by molar-refractivity contribution is -0.0815. The Balaban J connectivity index is 1.37. The summed E-state index contributed by atoms with van der Waals surface area (Å²) in [5, 5.41) is 3.94. The van der Waals surface area contributed by atoms with Crippen LogP contribution >= 0.6 is 23.2 Å². The number of ether oxygens (including phenoxy) is 3. The quantitative estimate of drug-likeness (QED) is 0.334. The average Bonchev–Trinajstić information content (AvgIpc) is 2.96. The van der Waals surface area contributed by atoms with Gasteiger partial charge in [0.25, 0.3) is 5.91 Å². The molecule has 42 heavy (non-hydrogen) atoms. The topological polar surface area (TPSA) is 106 Å². The van der Waals surface area contributed by atoms with Crippen molar-refractivity contribution in [2.45, 2.75) is 52.4 Å². The number of benzene rings is 2. The summed E-state index contributed by atoms with van der Waals surface area (Å²) < 4.78 is 17.7. The van der Waals surface area contributed by atoms with Crippen LogP contribution in [0.1, 0.15) is 50.4 Å². The fraction of sp³-hybridized carbons (Fsp3) is 0.548. The van der Waals surface area contributed by atoms with E-state index in [1.807, 2.05) is 24.0 Å². The minimum Gasteiger partial charge on any atom is -0.496 e. The van der Waals surface area contributed by atoms with Crippen molar-refractivity contribution in [1.29, 1.82) is 0 Å². The van der Waals surface area contributed by atoms with Crippen molar-refractivity contribution in [2.75, 3.05) is 45.6 Å². The molecule has 0 aliphatic carbocycles. The molecule has 3 N–H and O–H groups in total. The molecule has 4 atom stereocenters. The molecule has 0 aromatic heterocycles. The first-order chi connectivity index (χ1) is 20.0. The normalized spacial score (nSPS) is 21.3. The minimum atomic E-state index is -0.514. The Labute approximate surface area is 258 Å². The van der Waals surface area contributed by atoms with Crippen LogP contribution in [0.15, 0.2) is 36.4 Å². The van der Waals surface area contributed by atoms with Gasteiger partial charge in [0.1, 0.15) is 11.5 Å². The second kappa shape index (κ2) is 14.5. The van der Waals surface area contributed by atoms with Gasteiger partial charge in [0, 0.05) is 43.8 Å². The number of likely N-dealkylation sites (tertiary alicyclic amines) is 2. The molecule has 0 spiro atoms. The predicted octanol–water partition coefficient (Wildman–Crippen LogP) is 5.93. The number of methoxy groups -OCH3 is 1. The zero-order valence-corrected chi connectivity index (χ0v) is 26.3. The molecule has 230 valence electrons. The lowest BCUT2D eigenvalue weighted by Gasteiger charge is -2.40. The molecule has 4 rings (SSSR count). The molecule has 0 radical (unpaired) electrons. The van der Waals surface area contributed by atoms with Gasteiger partial charge in [-0.2, -0.15) is 0 Å². The van der Waals surface area contributed by atoms with E-state index in [9.17, 15) is 9.59 Å². The van der Waals surface area contributed by atoms with Crippen molar-refractivity contribution in [3.05, 3.63) is 52.0 Å². The SMILES string of the molecule is COc1cc(N)c(Cl)cc1C(=O)NCC1CCN(C(Oc2ccc(Cl)cc2)C(C)OC(=O)N2CC(C)CC(C)C2)CC1. The van der Waals surface area contributed by atoms with E-state index in [1.165, 1.54) is 13.2 Å². The summed E-state index contributed by atoms with van der Waals surface area (Å²) in [6.07, 6.45) is 1.48. The number of anilines is 1. The van der Waals surface area contributed by atoms with Crippen molar-refractivity contribution in [3.63, 3.8) is 0 Å². The largest absolute Gasteiger partial charge is 0.496 e. The van der Waals surface area contributed by atoms with Crippen LogP contribution in [-0.4, -0.2) is 74.0 Å². The lowest BCUT2D eigenvalue weighted by atomic mass is 9.92. The number of nitrogens with zero attached hydrogens (tertiary/aromatic N) is 2. The Morgan fingerprint density at radius 2 is 1.71 bits per heavy atom. The Morgan fingerprint density at radius 1 is 1.07 bits per heavy atom. The molecule has 2 fully saturated rings. The predicted molar refractivity (Wildman–Crippen MR) is 165 cm³/mol. The molecule has 2 aromatic carbocycles. The molecule has 2 aromatic rings. The highest BCUT2D eigenvalue weighted by Gasteiger charge is 2.35. The number of hydrogen-bond acceptors (Lipinski definition) is 7. The highest BCUT2D eigenvalue weighted by molar-refractivity contribution is 6.33. The van der Waals surface area contributed by atoms with Crippen molar-refractivity contribution in [3.8, 4) is 11.5 Å². The number of rotatable bonds is 9. The molecule has 2 heterocycles. The van der Waals surface area contributed by atoms with E-state index in [1.54, 1.807) is 18.2 Å². The zero-order chi connectivity index (χ0) is 30.4. The van der Waals surface area contributed by atoms with Crippen LogP contribution in [0, 0.1) is 17.8 Å². The van der Waals surface area contributed by atoms with Gasteiger partial charge in [-0.1, -0.05) is 37.0 Å². The Hall–Kier alpha value is -2.88. The van der Waals surface area contributed by atoms with E-state index in [2.05, 4.69) is 24.1 Å². The second-order valence-corrected chi connectivity index (χ2v) is 12.5. The third-order valence-electron chi connectivity index (χ3n) is 8.01. The highest BCUT2D eigenvalue weighted by Crippen LogP contribution is 2.30. The van der Waals surface area contributed by atoms with Crippen LogP contribution in [0.5, 0.6) is 11.5 Å². The van der Waals surface area contributed by atoms with Crippen LogP contribution < -0.4 is 20.5 Å². The van der Waals surface area contributed by atoms with Gasteiger partial charge in [-0.25, -0.2) is 4.79 Å². The number of piperidine rings is 2. The van der Waals surface area contributed by atoms with Crippen LogP contribution in [0.2, 0.25) is 10.0 Å². The Morgan fingerprint density at radius 3 is 2.33 bits per heavy atom. The van der Waals surface area contributed by atoms with Crippen molar-refractivity contribution in [2.24, 2.45) is 17.8 Å². The summed E-state index contributed by atoms with van der Waals surface area (Å²) in [5.74, 6) is 1.92. The summed E-state index contributed by atoms with van der Waals surface area (Å²) >= 11 is 12.2. The molecule has 0 bridgehead atoms. The summed E-state index contributed by atoms with van der Waals surface area (Å²) in [6, 6.07) is 10.3. The maximum absolute atomic E-state index is 13.1. The first-order valence-electron chi connectivity index (χ1n) is 14.6. The second-order valence-electron chi connectivity index (χ2n) is 11.7. The molecule has 11 heteroatoms. The number of carbonyl (C=O) groups is 2. The monoisotopic (exact) mass is 620 g/mol. The van der Waals surface area contributed by atoms with Crippen LogP contribution in [0.4, 0.5) is 10.5 Å². The van der Waals surface area contributed by atoms with Crippen molar-refractivity contribution >= 4 is 40.9 Å². The van der Waals surface area contributed by atoms with Gasteiger partial charge in [-0.15, -0.1) is 0 Å². The fourth-order valence-electron chi connectivity index (χ4n) is 5.88. The van der Waals surface area contributed by atoms with Gasteiger partial charge in [0.15, 0.2) is 12.3 Å².